The number of hydrogen-bond donors (Lipinski definition) is 1. The average molecular weight is 285 g/mol. The molecule has 0 atom stereocenters. The Morgan fingerprint density at radius 2 is 1.84 bits per heavy atom. The lowest BCUT2D eigenvalue weighted by atomic mass is 10.2. The van der Waals surface area contributed by atoms with E-state index >= 15 is 0 Å². The number of ether oxygens (including phenoxy) is 1. The first-order valence-corrected chi connectivity index (χ1v) is 7.64. The fraction of sp³-hybridized carbons (Fsp3) is 0.462. The van der Waals surface area contributed by atoms with E-state index in [9.17, 15) is 13.2 Å². The molecule has 0 spiro atoms. The molecule has 0 saturated carbocycles. The summed E-state index contributed by atoms with van der Waals surface area (Å²) in [6.45, 7) is 5.75. The van der Waals surface area contributed by atoms with Gasteiger partial charge in [0.1, 0.15) is 0 Å². The Morgan fingerprint density at radius 3 is 2.32 bits per heavy atom. The van der Waals surface area contributed by atoms with Gasteiger partial charge in [0.15, 0.2) is 0 Å². The monoisotopic (exact) mass is 285 g/mol. The minimum Gasteiger partial charge on any atom is -0.462 e. The number of esters is 1. The molecule has 0 aromatic heterocycles. The molecule has 5 nitrogen and oxygen atoms in total. The van der Waals surface area contributed by atoms with Gasteiger partial charge in [0, 0.05) is 6.04 Å². The zero-order chi connectivity index (χ0) is 14.5. The second-order valence-corrected chi connectivity index (χ2v) is 6.15. The van der Waals surface area contributed by atoms with Crippen LogP contribution < -0.4 is 4.72 Å². The summed E-state index contributed by atoms with van der Waals surface area (Å²) in [5, 5.41) is 0. The van der Waals surface area contributed by atoms with Crippen LogP contribution in [0.4, 0.5) is 0 Å². The van der Waals surface area contributed by atoms with Crippen molar-refractivity contribution in [3.05, 3.63) is 29.8 Å². The smallest absolute Gasteiger partial charge is 0.338 e. The molecule has 0 aliphatic carbocycles. The minimum atomic E-state index is -3.52. The molecule has 19 heavy (non-hydrogen) atoms. The Bertz CT molecular complexity index is 520. The molecule has 6 heteroatoms. The molecule has 0 fully saturated rings. The molecule has 0 heterocycles. The molecule has 0 bridgehead atoms. The largest absolute Gasteiger partial charge is 0.462 e. The van der Waals surface area contributed by atoms with Crippen molar-refractivity contribution in [2.45, 2.75) is 38.1 Å². The number of sulfonamides is 1. The van der Waals surface area contributed by atoms with Crippen molar-refractivity contribution in [3.63, 3.8) is 0 Å². The van der Waals surface area contributed by atoms with Gasteiger partial charge in [-0.25, -0.2) is 17.9 Å². The van der Waals surface area contributed by atoms with Gasteiger partial charge in [-0.3, -0.25) is 0 Å². The van der Waals surface area contributed by atoms with Crippen LogP contribution in [0.3, 0.4) is 0 Å². The van der Waals surface area contributed by atoms with E-state index in [4.69, 9.17) is 4.74 Å². The molecular weight excluding hydrogens is 266 g/mol. The van der Waals surface area contributed by atoms with Crippen molar-refractivity contribution in [1.29, 1.82) is 0 Å². The first-order valence-electron chi connectivity index (χ1n) is 6.16. The molecule has 0 saturated heterocycles. The van der Waals surface area contributed by atoms with Crippen LogP contribution in [0, 0.1) is 0 Å². The van der Waals surface area contributed by atoms with E-state index in [0.29, 0.717) is 12.2 Å². The Kier molecular flexibility index (Phi) is 5.50. The third-order valence-electron chi connectivity index (χ3n) is 2.23. The first-order chi connectivity index (χ1) is 8.86. The van der Waals surface area contributed by atoms with Crippen LogP contribution in [-0.4, -0.2) is 27.0 Å². The van der Waals surface area contributed by atoms with Gasteiger partial charge >= 0.3 is 5.97 Å². The van der Waals surface area contributed by atoms with Crippen LogP contribution in [0.2, 0.25) is 0 Å². The number of hydrogen-bond acceptors (Lipinski definition) is 4. The van der Waals surface area contributed by atoms with Crippen molar-refractivity contribution < 1.29 is 17.9 Å². The molecule has 0 amide bonds. The summed E-state index contributed by atoms with van der Waals surface area (Å²) < 4.78 is 31.2. The fourth-order valence-corrected chi connectivity index (χ4v) is 2.68. The second kappa shape index (κ2) is 6.68. The first kappa shape index (κ1) is 15.7. The highest BCUT2D eigenvalue weighted by Gasteiger charge is 2.16. The highest BCUT2D eigenvalue weighted by Crippen LogP contribution is 2.12. The summed E-state index contributed by atoms with van der Waals surface area (Å²) in [7, 11) is -3.52. The van der Waals surface area contributed by atoms with Gasteiger partial charge in [0.25, 0.3) is 0 Å². The van der Waals surface area contributed by atoms with Crippen molar-refractivity contribution in [2.75, 3.05) is 6.61 Å². The number of rotatable bonds is 6. The van der Waals surface area contributed by atoms with Gasteiger partial charge in [-0.1, -0.05) is 6.92 Å². The SMILES string of the molecule is CCCOC(=O)c1ccc(S(=O)(=O)NC(C)C)cc1. The second-order valence-electron chi connectivity index (χ2n) is 4.44. The highest BCUT2D eigenvalue weighted by atomic mass is 32.2. The minimum absolute atomic E-state index is 0.133. The maximum Gasteiger partial charge on any atom is 0.338 e. The number of carbonyl (C=O) groups is 1. The number of nitrogens with one attached hydrogen (secondary N) is 1. The van der Waals surface area contributed by atoms with Crippen molar-refractivity contribution in [1.82, 2.24) is 4.72 Å². The number of benzene rings is 1. The van der Waals surface area contributed by atoms with E-state index in [-0.39, 0.29) is 10.9 Å². The van der Waals surface area contributed by atoms with Crippen LogP contribution >= 0.6 is 0 Å². The molecule has 0 radical (unpaired) electrons. The maximum atomic E-state index is 11.9. The third-order valence-corrected chi connectivity index (χ3v) is 3.90. The van der Waals surface area contributed by atoms with Gasteiger partial charge in [0.05, 0.1) is 17.1 Å². The zero-order valence-electron chi connectivity index (χ0n) is 11.3. The Morgan fingerprint density at radius 1 is 1.26 bits per heavy atom. The lowest BCUT2D eigenvalue weighted by Crippen LogP contribution is -2.30. The Labute approximate surface area is 114 Å². The molecule has 1 rings (SSSR count). The van der Waals surface area contributed by atoms with E-state index in [1.807, 2.05) is 6.92 Å². The Balaban J connectivity index is 2.85. The molecule has 1 aromatic carbocycles. The van der Waals surface area contributed by atoms with Crippen LogP contribution in [0.15, 0.2) is 29.2 Å². The molecule has 0 aliphatic heterocycles. The quantitative estimate of drug-likeness (QED) is 0.811. The van der Waals surface area contributed by atoms with Crippen LogP contribution in [-0.2, 0) is 14.8 Å². The van der Waals surface area contributed by atoms with E-state index < -0.39 is 16.0 Å². The molecule has 1 aromatic rings. The molecule has 0 aliphatic rings. The summed E-state index contributed by atoms with van der Waals surface area (Å²) in [6, 6.07) is 5.51. The Hall–Kier alpha value is -1.40. The van der Waals surface area contributed by atoms with Gasteiger partial charge in [0.2, 0.25) is 10.0 Å². The van der Waals surface area contributed by atoms with Crippen molar-refractivity contribution in [3.8, 4) is 0 Å². The van der Waals surface area contributed by atoms with Gasteiger partial charge in [-0.05, 0) is 44.5 Å². The molecule has 0 unspecified atom stereocenters. The van der Waals surface area contributed by atoms with Crippen LogP contribution in [0.5, 0.6) is 0 Å². The van der Waals surface area contributed by atoms with E-state index in [1.54, 1.807) is 13.8 Å². The van der Waals surface area contributed by atoms with Gasteiger partial charge < -0.3 is 4.74 Å². The van der Waals surface area contributed by atoms with Gasteiger partial charge in [-0.2, -0.15) is 0 Å². The summed E-state index contributed by atoms with van der Waals surface area (Å²) >= 11 is 0. The highest BCUT2D eigenvalue weighted by molar-refractivity contribution is 7.89. The standard InChI is InChI=1S/C13H19NO4S/c1-4-9-18-13(15)11-5-7-12(8-6-11)19(16,17)14-10(2)3/h5-8,10,14H,4,9H2,1-3H3. The molecular formula is C13H19NO4S. The predicted octanol–water partition coefficient (Wildman–Crippen LogP) is 1.94. The summed E-state index contributed by atoms with van der Waals surface area (Å²) in [5.74, 6) is -0.442. The molecule has 1 N–H and O–H groups in total. The molecule has 106 valence electrons. The summed E-state index contributed by atoms with van der Waals surface area (Å²) in [4.78, 5) is 11.7. The van der Waals surface area contributed by atoms with Crippen molar-refractivity contribution >= 4 is 16.0 Å². The van der Waals surface area contributed by atoms with Crippen LogP contribution in [0.1, 0.15) is 37.6 Å². The van der Waals surface area contributed by atoms with E-state index in [2.05, 4.69) is 4.72 Å². The van der Waals surface area contributed by atoms with Gasteiger partial charge in [-0.15, -0.1) is 0 Å². The maximum absolute atomic E-state index is 11.9. The average Bonchev–Trinajstić information content (AvgIpc) is 2.34. The lowest BCUT2D eigenvalue weighted by molar-refractivity contribution is 0.0505. The zero-order valence-corrected chi connectivity index (χ0v) is 12.2. The normalized spacial score (nSPS) is 11.6. The van der Waals surface area contributed by atoms with Crippen LogP contribution in [0.25, 0.3) is 0 Å². The summed E-state index contributed by atoms with van der Waals surface area (Å²) in [5.41, 5.74) is 0.344. The number of carbonyl (C=O) groups excluding carboxylic acids is 1. The fourth-order valence-electron chi connectivity index (χ4n) is 1.43. The third kappa shape index (κ3) is 4.65. The topological polar surface area (TPSA) is 72.5 Å². The van der Waals surface area contributed by atoms with E-state index in [1.165, 1.54) is 24.3 Å². The lowest BCUT2D eigenvalue weighted by Gasteiger charge is -2.10. The van der Waals surface area contributed by atoms with E-state index in [0.717, 1.165) is 6.42 Å². The van der Waals surface area contributed by atoms with Crippen molar-refractivity contribution in [2.24, 2.45) is 0 Å². The predicted molar refractivity (Wildman–Crippen MR) is 72.5 cm³/mol. The summed E-state index contributed by atoms with van der Waals surface area (Å²) in [6.07, 6.45) is 0.747.